The summed E-state index contributed by atoms with van der Waals surface area (Å²) in [5.41, 5.74) is 23.2. The highest BCUT2D eigenvalue weighted by Crippen LogP contribution is 2.16. The molecule has 10 heteroatoms. The number of hydrogen-bond acceptors (Lipinski definition) is 8. The molecule has 0 saturated carbocycles. The van der Waals surface area contributed by atoms with Gasteiger partial charge in [-0.05, 0) is 44.1 Å². The van der Waals surface area contributed by atoms with Crippen LogP contribution in [-0.4, -0.2) is 64.3 Å². The molecule has 0 rings (SSSR count). The molecule has 0 heterocycles. The Bertz CT molecular complexity index is 568. The summed E-state index contributed by atoms with van der Waals surface area (Å²) in [5.74, 6) is -4.43. The smallest absolute Gasteiger partial charge is 0.334 e. The van der Waals surface area contributed by atoms with Crippen LogP contribution in [0.4, 0.5) is 0 Å². The van der Waals surface area contributed by atoms with Crippen molar-refractivity contribution in [1.29, 1.82) is 0 Å². The molecule has 2 amide bonds. The van der Waals surface area contributed by atoms with Crippen LogP contribution in [0.25, 0.3) is 0 Å². The lowest BCUT2D eigenvalue weighted by Gasteiger charge is -2.32. The van der Waals surface area contributed by atoms with E-state index in [1.54, 1.807) is 0 Å². The van der Waals surface area contributed by atoms with Crippen molar-refractivity contribution in [3.8, 4) is 0 Å². The van der Waals surface area contributed by atoms with Crippen LogP contribution in [0.1, 0.15) is 59.8 Å². The molecule has 0 fully saturated rings. The quantitative estimate of drug-likeness (QED) is 0.180. The maximum atomic E-state index is 13.0. The van der Waals surface area contributed by atoms with Gasteiger partial charge < -0.3 is 28.0 Å². The molecule has 0 aromatic rings. The molecule has 0 spiro atoms. The minimum absolute atomic E-state index is 0.0164. The Morgan fingerprint density at radius 1 is 0.800 bits per heavy atom. The van der Waals surface area contributed by atoms with Crippen molar-refractivity contribution >= 4 is 23.6 Å². The third-order valence-corrected chi connectivity index (χ3v) is 4.66. The number of ketones is 1. The number of unbranched alkanes of at least 4 members (excludes halogenated alkanes) is 1. The van der Waals surface area contributed by atoms with E-state index in [1.165, 1.54) is 0 Å². The zero-order valence-electron chi connectivity index (χ0n) is 18.5. The lowest BCUT2D eigenvalue weighted by molar-refractivity contribution is -0.163. The molecular weight excluding hydrogens is 390 g/mol. The highest BCUT2D eigenvalue weighted by atomic mass is 16.4. The number of carbonyl (C=O) groups is 4. The average Bonchev–Trinajstić information content (AvgIpc) is 2.62. The first-order valence-corrected chi connectivity index (χ1v) is 10.4. The molecule has 4 unspecified atom stereocenters. The highest BCUT2D eigenvalue weighted by Gasteiger charge is 2.44. The number of amides is 2. The van der Waals surface area contributed by atoms with E-state index in [0.717, 1.165) is 0 Å². The van der Waals surface area contributed by atoms with Crippen molar-refractivity contribution < 1.29 is 24.3 Å². The molecular formula is C20H39N5O5. The minimum Gasteiger partial charge on any atom is -0.479 e. The predicted molar refractivity (Wildman–Crippen MR) is 114 cm³/mol. The Balaban J connectivity index is 5.99. The van der Waals surface area contributed by atoms with Crippen molar-refractivity contribution in [1.82, 2.24) is 4.90 Å². The maximum absolute atomic E-state index is 13.0. The molecule has 0 radical (unpaired) electrons. The van der Waals surface area contributed by atoms with Gasteiger partial charge in [0.1, 0.15) is 0 Å². The summed E-state index contributed by atoms with van der Waals surface area (Å²) in [4.78, 5) is 51.3. The first-order valence-electron chi connectivity index (χ1n) is 10.4. The molecule has 9 N–H and O–H groups in total. The number of carboxylic acids is 1. The standard InChI is InChI=1S/C20H39N5O5/c1-11(2)9-14(23)18(27)25(19(28)15(24)10-12(3)4)16(20(29)30)17(26)13(22)7-5-6-8-21/h11-16H,5-10,21-24H2,1-4H3,(H,29,30). The second-order valence-corrected chi connectivity index (χ2v) is 8.55. The summed E-state index contributed by atoms with van der Waals surface area (Å²) in [6.07, 6.45) is 1.73. The SMILES string of the molecule is CC(C)CC(N)C(=O)N(C(=O)C(N)CC(C)C)C(C(=O)O)C(=O)C(N)CCCCN. The average molecular weight is 430 g/mol. The Hall–Kier alpha value is -1.88. The monoisotopic (exact) mass is 429 g/mol. The third-order valence-electron chi connectivity index (χ3n) is 4.66. The van der Waals surface area contributed by atoms with Crippen LogP contribution in [0.15, 0.2) is 0 Å². The van der Waals surface area contributed by atoms with Crippen LogP contribution < -0.4 is 22.9 Å². The van der Waals surface area contributed by atoms with E-state index in [4.69, 9.17) is 22.9 Å². The van der Waals surface area contributed by atoms with E-state index in [2.05, 4.69) is 0 Å². The summed E-state index contributed by atoms with van der Waals surface area (Å²) in [5, 5.41) is 9.74. The van der Waals surface area contributed by atoms with Gasteiger partial charge in [-0.25, -0.2) is 4.79 Å². The van der Waals surface area contributed by atoms with Crippen LogP contribution >= 0.6 is 0 Å². The lowest BCUT2D eigenvalue weighted by atomic mass is 9.95. The molecule has 0 aliphatic carbocycles. The largest absolute Gasteiger partial charge is 0.479 e. The summed E-state index contributed by atoms with van der Waals surface area (Å²) in [7, 11) is 0. The second kappa shape index (κ2) is 13.4. The van der Waals surface area contributed by atoms with Crippen molar-refractivity contribution in [2.75, 3.05) is 6.54 Å². The number of nitrogens with two attached hydrogens (primary N) is 4. The van der Waals surface area contributed by atoms with Gasteiger partial charge in [-0.1, -0.05) is 34.1 Å². The zero-order valence-corrected chi connectivity index (χ0v) is 18.5. The molecule has 174 valence electrons. The Morgan fingerprint density at radius 2 is 1.23 bits per heavy atom. The molecule has 0 saturated heterocycles. The van der Waals surface area contributed by atoms with E-state index < -0.39 is 47.7 Å². The number of carboxylic acid groups (broad SMARTS) is 1. The van der Waals surface area contributed by atoms with Gasteiger partial charge in [-0.3, -0.25) is 19.3 Å². The molecule has 4 atom stereocenters. The summed E-state index contributed by atoms with van der Waals surface area (Å²) < 4.78 is 0. The van der Waals surface area contributed by atoms with E-state index in [1.807, 2.05) is 27.7 Å². The number of imide groups is 1. The topological polar surface area (TPSA) is 196 Å². The number of Topliss-reactive ketones (excluding diaryl/α,β-unsaturated/α-hetero) is 1. The lowest BCUT2D eigenvalue weighted by Crippen LogP contribution is -2.62. The van der Waals surface area contributed by atoms with Gasteiger partial charge in [0.15, 0.2) is 11.8 Å². The van der Waals surface area contributed by atoms with Gasteiger partial charge in [-0.15, -0.1) is 0 Å². The van der Waals surface area contributed by atoms with Crippen molar-refractivity contribution in [2.24, 2.45) is 34.8 Å². The Kier molecular flexibility index (Phi) is 12.6. The summed E-state index contributed by atoms with van der Waals surface area (Å²) >= 11 is 0. The van der Waals surface area contributed by atoms with Gasteiger partial charge >= 0.3 is 5.97 Å². The molecule has 10 nitrogen and oxygen atoms in total. The fraction of sp³-hybridized carbons (Fsp3) is 0.800. The normalized spacial score (nSPS) is 15.5. The fourth-order valence-corrected chi connectivity index (χ4v) is 3.15. The summed E-state index contributed by atoms with van der Waals surface area (Å²) in [6.45, 7) is 7.72. The van der Waals surface area contributed by atoms with Crippen LogP contribution in [0.5, 0.6) is 0 Å². The van der Waals surface area contributed by atoms with Gasteiger partial charge in [0.05, 0.1) is 18.1 Å². The first-order chi connectivity index (χ1) is 13.8. The molecule has 0 aromatic heterocycles. The van der Waals surface area contributed by atoms with E-state index in [-0.39, 0.29) is 31.1 Å². The minimum atomic E-state index is -2.07. The number of aliphatic carboxylic acids is 1. The Morgan fingerprint density at radius 3 is 1.57 bits per heavy atom. The number of hydrogen-bond donors (Lipinski definition) is 5. The molecule has 0 aliphatic rings. The molecule has 0 aliphatic heterocycles. The van der Waals surface area contributed by atoms with Gasteiger partial charge in [0.2, 0.25) is 11.8 Å². The van der Waals surface area contributed by atoms with Gasteiger partial charge in [-0.2, -0.15) is 0 Å². The van der Waals surface area contributed by atoms with Crippen LogP contribution in [0.2, 0.25) is 0 Å². The van der Waals surface area contributed by atoms with E-state index in [0.29, 0.717) is 24.3 Å². The molecule has 0 bridgehead atoms. The third kappa shape index (κ3) is 8.86. The van der Waals surface area contributed by atoms with Crippen molar-refractivity contribution in [3.05, 3.63) is 0 Å². The zero-order chi connectivity index (χ0) is 23.6. The first kappa shape index (κ1) is 28.1. The van der Waals surface area contributed by atoms with Crippen LogP contribution in [-0.2, 0) is 19.2 Å². The van der Waals surface area contributed by atoms with Crippen molar-refractivity contribution in [3.63, 3.8) is 0 Å². The molecule has 0 aromatic carbocycles. The molecule has 30 heavy (non-hydrogen) atoms. The predicted octanol–water partition coefficient (Wildman–Crippen LogP) is -0.433. The van der Waals surface area contributed by atoms with Gasteiger partial charge in [0, 0.05) is 0 Å². The number of rotatable bonds is 14. The van der Waals surface area contributed by atoms with Crippen LogP contribution in [0, 0.1) is 11.8 Å². The Labute approximate surface area is 178 Å². The van der Waals surface area contributed by atoms with Gasteiger partial charge in [0.25, 0.3) is 0 Å². The summed E-state index contributed by atoms with van der Waals surface area (Å²) in [6, 6.07) is -5.54. The van der Waals surface area contributed by atoms with Crippen molar-refractivity contribution in [2.45, 2.75) is 84.0 Å². The van der Waals surface area contributed by atoms with E-state index >= 15 is 0 Å². The second-order valence-electron chi connectivity index (χ2n) is 8.55. The van der Waals surface area contributed by atoms with Crippen LogP contribution in [0.3, 0.4) is 0 Å². The maximum Gasteiger partial charge on any atom is 0.334 e. The van der Waals surface area contributed by atoms with E-state index in [9.17, 15) is 24.3 Å². The highest BCUT2D eigenvalue weighted by molar-refractivity contribution is 6.13. The number of nitrogens with zero attached hydrogens (tertiary/aromatic N) is 1. The fourth-order valence-electron chi connectivity index (χ4n) is 3.15. The number of carbonyl (C=O) groups excluding carboxylic acids is 3.